The number of benzene rings is 1. The number of hydrogen-bond acceptors (Lipinski definition) is 3. The molecule has 1 N–H and O–H groups in total. The van der Waals surface area contributed by atoms with Gasteiger partial charge in [-0.2, -0.15) is 0 Å². The highest BCUT2D eigenvalue weighted by molar-refractivity contribution is 9.10. The van der Waals surface area contributed by atoms with Crippen LogP contribution in [0, 0.1) is 5.82 Å². The summed E-state index contributed by atoms with van der Waals surface area (Å²) in [6.07, 6.45) is 1.61. The van der Waals surface area contributed by atoms with Crippen LogP contribution in [0.15, 0.2) is 27.6 Å². The van der Waals surface area contributed by atoms with E-state index in [-0.39, 0.29) is 4.90 Å². The molecule has 0 saturated carbocycles. The summed E-state index contributed by atoms with van der Waals surface area (Å²) in [5.41, 5.74) is 0. The molecule has 0 atom stereocenters. The van der Waals surface area contributed by atoms with Gasteiger partial charge in [0.25, 0.3) is 0 Å². The van der Waals surface area contributed by atoms with Crippen molar-refractivity contribution < 1.29 is 12.8 Å². The molecule has 0 aromatic heterocycles. The lowest BCUT2D eigenvalue weighted by Crippen LogP contribution is -2.29. The highest BCUT2D eigenvalue weighted by atomic mass is 79.9. The average molecular weight is 381 g/mol. The number of hydrogen-bond donors (Lipinski definition) is 1. The van der Waals surface area contributed by atoms with Crippen molar-refractivity contribution in [3.8, 4) is 0 Å². The van der Waals surface area contributed by atoms with E-state index in [1.165, 1.54) is 12.1 Å². The molecule has 7 heteroatoms. The van der Waals surface area contributed by atoms with Gasteiger partial charge in [0.15, 0.2) is 0 Å². The number of unbranched alkanes of at least 4 members (excludes halogenated alkanes) is 1. The predicted molar refractivity (Wildman–Crippen MR) is 86.3 cm³/mol. The van der Waals surface area contributed by atoms with Crippen LogP contribution in [-0.4, -0.2) is 39.5 Å². The molecule has 0 fully saturated rings. The molecule has 0 aliphatic rings. The second kappa shape index (κ2) is 8.22. The molecule has 4 nitrogen and oxygen atoms in total. The van der Waals surface area contributed by atoms with Gasteiger partial charge in [-0.25, -0.2) is 17.5 Å². The van der Waals surface area contributed by atoms with Crippen molar-refractivity contribution in [2.75, 3.05) is 20.1 Å². The van der Waals surface area contributed by atoms with Gasteiger partial charge in [-0.1, -0.05) is 15.9 Å². The van der Waals surface area contributed by atoms with Gasteiger partial charge >= 0.3 is 0 Å². The molecule has 0 aliphatic heterocycles. The standard InChI is InChI=1S/C14H22BrFN2O2S/c1-11(2)18(3)9-5-4-8-17-21(19,20)14-7-6-12(15)10-13(14)16/h6-7,10-11,17H,4-5,8-9H2,1-3H3. The molecule has 0 aliphatic carbocycles. The van der Waals surface area contributed by atoms with Gasteiger partial charge in [0, 0.05) is 17.1 Å². The lowest BCUT2D eigenvalue weighted by Gasteiger charge is -2.20. The van der Waals surface area contributed by atoms with Gasteiger partial charge < -0.3 is 4.90 Å². The van der Waals surface area contributed by atoms with Crippen molar-refractivity contribution in [1.82, 2.24) is 9.62 Å². The molecule has 0 bridgehead atoms. The zero-order valence-corrected chi connectivity index (χ0v) is 15.0. The van der Waals surface area contributed by atoms with E-state index in [4.69, 9.17) is 0 Å². The van der Waals surface area contributed by atoms with Crippen LogP contribution in [0.3, 0.4) is 0 Å². The number of sulfonamides is 1. The third-order valence-electron chi connectivity index (χ3n) is 3.29. The summed E-state index contributed by atoms with van der Waals surface area (Å²) in [5, 5.41) is 0. The van der Waals surface area contributed by atoms with Gasteiger partial charge in [0.1, 0.15) is 10.7 Å². The summed E-state index contributed by atoms with van der Waals surface area (Å²) < 4.78 is 40.6. The fourth-order valence-electron chi connectivity index (χ4n) is 1.72. The smallest absolute Gasteiger partial charge is 0.243 e. The molecular formula is C14H22BrFN2O2S. The molecule has 0 saturated heterocycles. The van der Waals surface area contributed by atoms with Gasteiger partial charge in [-0.05, 0) is 58.5 Å². The van der Waals surface area contributed by atoms with Crippen LogP contribution in [0.25, 0.3) is 0 Å². The molecule has 0 radical (unpaired) electrons. The van der Waals surface area contributed by atoms with Gasteiger partial charge in [0.2, 0.25) is 10.0 Å². The normalized spacial score (nSPS) is 12.3. The Kier molecular flexibility index (Phi) is 7.26. The fourth-order valence-corrected chi connectivity index (χ4v) is 3.19. The third-order valence-corrected chi connectivity index (χ3v) is 5.28. The second-order valence-electron chi connectivity index (χ2n) is 5.25. The predicted octanol–water partition coefficient (Wildman–Crippen LogP) is 2.99. The summed E-state index contributed by atoms with van der Waals surface area (Å²) in [6.45, 7) is 5.44. The monoisotopic (exact) mass is 380 g/mol. The highest BCUT2D eigenvalue weighted by Crippen LogP contribution is 2.19. The highest BCUT2D eigenvalue weighted by Gasteiger charge is 2.18. The first-order chi connectivity index (χ1) is 9.74. The van der Waals surface area contributed by atoms with Gasteiger partial charge in [0.05, 0.1) is 0 Å². The van der Waals surface area contributed by atoms with Crippen LogP contribution in [0.5, 0.6) is 0 Å². The van der Waals surface area contributed by atoms with E-state index in [9.17, 15) is 12.8 Å². The minimum Gasteiger partial charge on any atom is -0.304 e. The number of rotatable bonds is 8. The van der Waals surface area contributed by atoms with Crippen molar-refractivity contribution in [3.63, 3.8) is 0 Å². The zero-order valence-electron chi connectivity index (χ0n) is 12.6. The van der Waals surface area contributed by atoms with Crippen molar-refractivity contribution in [1.29, 1.82) is 0 Å². The largest absolute Gasteiger partial charge is 0.304 e. The summed E-state index contributed by atoms with van der Waals surface area (Å²) in [6, 6.07) is 4.38. The molecule has 1 aromatic rings. The summed E-state index contributed by atoms with van der Waals surface area (Å²) in [7, 11) is -1.75. The lowest BCUT2D eigenvalue weighted by atomic mass is 10.2. The topological polar surface area (TPSA) is 49.4 Å². The quantitative estimate of drug-likeness (QED) is 0.705. The van der Waals surface area contributed by atoms with Crippen LogP contribution in [0.1, 0.15) is 26.7 Å². The Morgan fingerprint density at radius 1 is 1.33 bits per heavy atom. The Bertz CT molecular complexity index is 564. The molecule has 21 heavy (non-hydrogen) atoms. The summed E-state index contributed by atoms with van der Waals surface area (Å²) in [4.78, 5) is 1.88. The number of halogens is 2. The van der Waals surface area contributed by atoms with E-state index < -0.39 is 15.8 Å². The van der Waals surface area contributed by atoms with Crippen molar-refractivity contribution in [2.45, 2.75) is 37.6 Å². The maximum absolute atomic E-state index is 13.7. The first-order valence-electron chi connectivity index (χ1n) is 6.89. The van der Waals surface area contributed by atoms with Crippen molar-refractivity contribution in [2.24, 2.45) is 0 Å². The van der Waals surface area contributed by atoms with Crippen LogP contribution in [0.2, 0.25) is 0 Å². The van der Waals surface area contributed by atoms with E-state index in [0.29, 0.717) is 23.5 Å². The number of nitrogens with zero attached hydrogens (tertiary/aromatic N) is 1. The first kappa shape index (κ1) is 18.5. The maximum atomic E-state index is 13.7. The summed E-state index contributed by atoms with van der Waals surface area (Å²) in [5.74, 6) is -0.753. The van der Waals surface area contributed by atoms with E-state index in [2.05, 4.69) is 39.4 Å². The van der Waals surface area contributed by atoms with Gasteiger partial charge in [-0.3, -0.25) is 0 Å². The first-order valence-corrected chi connectivity index (χ1v) is 9.16. The van der Waals surface area contributed by atoms with Crippen molar-refractivity contribution in [3.05, 3.63) is 28.5 Å². The molecule has 0 heterocycles. The lowest BCUT2D eigenvalue weighted by molar-refractivity contribution is 0.268. The van der Waals surface area contributed by atoms with Crippen LogP contribution in [-0.2, 0) is 10.0 Å². The Hall–Kier alpha value is -0.500. The summed E-state index contributed by atoms with van der Waals surface area (Å²) >= 11 is 3.10. The van der Waals surface area contributed by atoms with Crippen LogP contribution in [0.4, 0.5) is 4.39 Å². The fraction of sp³-hybridized carbons (Fsp3) is 0.571. The van der Waals surface area contributed by atoms with E-state index in [1.807, 2.05) is 7.05 Å². The Balaban J connectivity index is 2.47. The second-order valence-corrected chi connectivity index (χ2v) is 7.91. The minimum absolute atomic E-state index is 0.309. The van der Waals surface area contributed by atoms with Gasteiger partial charge in [-0.15, -0.1) is 0 Å². The minimum atomic E-state index is -3.78. The average Bonchev–Trinajstić information content (AvgIpc) is 2.37. The van der Waals surface area contributed by atoms with E-state index in [1.54, 1.807) is 0 Å². The molecule has 1 rings (SSSR count). The molecule has 1 aromatic carbocycles. The van der Waals surface area contributed by atoms with Crippen molar-refractivity contribution >= 4 is 26.0 Å². The Morgan fingerprint density at radius 3 is 2.57 bits per heavy atom. The van der Waals surface area contributed by atoms with E-state index >= 15 is 0 Å². The Labute approximate surface area is 134 Å². The maximum Gasteiger partial charge on any atom is 0.243 e. The van der Waals surface area contributed by atoms with Crippen LogP contribution < -0.4 is 4.72 Å². The molecule has 120 valence electrons. The molecule has 0 amide bonds. The SMILES string of the molecule is CC(C)N(C)CCCCNS(=O)(=O)c1ccc(Br)cc1F. The molecular weight excluding hydrogens is 359 g/mol. The molecule has 0 unspecified atom stereocenters. The Morgan fingerprint density at radius 2 is 2.00 bits per heavy atom. The number of nitrogens with one attached hydrogen (secondary N) is 1. The van der Waals surface area contributed by atoms with E-state index in [0.717, 1.165) is 19.0 Å². The third kappa shape index (κ3) is 6.02. The van der Waals surface area contributed by atoms with Crippen LogP contribution >= 0.6 is 15.9 Å². The zero-order chi connectivity index (χ0) is 16.0. The molecule has 0 spiro atoms.